The number of aliphatic hydroxyl groups is 1. The molecule has 0 saturated carbocycles. The van der Waals surface area contributed by atoms with Gasteiger partial charge in [0.2, 0.25) is 0 Å². The van der Waals surface area contributed by atoms with Gasteiger partial charge in [-0.2, -0.15) is 0 Å². The van der Waals surface area contributed by atoms with Gasteiger partial charge in [-0.05, 0) is 47.6 Å². The van der Waals surface area contributed by atoms with Gasteiger partial charge in [0.15, 0.2) is 11.6 Å². The second kappa shape index (κ2) is 15.0. The molecule has 2 aromatic carbocycles. The lowest BCUT2D eigenvalue weighted by atomic mass is 9.93. The maximum absolute atomic E-state index is 13.1. The van der Waals surface area contributed by atoms with Crippen molar-refractivity contribution in [1.29, 1.82) is 0 Å². The van der Waals surface area contributed by atoms with Crippen LogP contribution in [0, 0.1) is 0 Å². The molecule has 2 aromatic rings. The summed E-state index contributed by atoms with van der Waals surface area (Å²) < 4.78 is 20.8. The molecular weight excluding hydrogens is 460 g/mol. The zero-order valence-electron chi connectivity index (χ0n) is 21.4. The highest BCUT2D eigenvalue weighted by atomic mass is 16.5. The van der Waals surface area contributed by atoms with Crippen molar-refractivity contribution in [2.24, 2.45) is 0 Å². The largest absolute Gasteiger partial charge is 0.395 e. The highest BCUT2D eigenvalue weighted by Crippen LogP contribution is 2.47. The Labute approximate surface area is 213 Å². The van der Waals surface area contributed by atoms with Gasteiger partial charge in [-0.3, -0.25) is 9.59 Å². The Kier molecular flexibility index (Phi) is 11.7. The minimum Gasteiger partial charge on any atom is -0.395 e. The lowest BCUT2D eigenvalue weighted by Gasteiger charge is -2.11. The maximum Gasteiger partial charge on any atom is 0.163 e. The van der Waals surface area contributed by atoms with Crippen LogP contribution >= 0.6 is 0 Å². The van der Waals surface area contributed by atoms with Crippen LogP contribution in [0.2, 0.25) is 0 Å². The molecule has 196 valence electrons. The van der Waals surface area contributed by atoms with Crippen molar-refractivity contribution in [1.82, 2.24) is 0 Å². The van der Waals surface area contributed by atoms with E-state index in [0.717, 1.165) is 35.1 Å². The van der Waals surface area contributed by atoms with Crippen LogP contribution in [-0.2, 0) is 18.9 Å². The molecule has 0 amide bonds. The molecule has 3 rings (SSSR count). The topological polar surface area (TPSA) is 91.3 Å². The van der Waals surface area contributed by atoms with Crippen molar-refractivity contribution in [3.8, 4) is 11.1 Å². The Balaban J connectivity index is 1.67. The van der Waals surface area contributed by atoms with Crippen molar-refractivity contribution in [3.63, 3.8) is 0 Å². The van der Waals surface area contributed by atoms with E-state index in [4.69, 9.17) is 18.9 Å². The Hall–Kier alpha value is -2.42. The van der Waals surface area contributed by atoms with Crippen molar-refractivity contribution in [2.75, 3.05) is 60.5 Å². The van der Waals surface area contributed by atoms with E-state index in [1.165, 1.54) is 0 Å². The van der Waals surface area contributed by atoms with Gasteiger partial charge in [-0.1, -0.05) is 30.3 Å². The van der Waals surface area contributed by atoms with E-state index in [1.54, 1.807) is 14.2 Å². The number of aliphatic hydroxyl groups excluding tert-OH is 1. The van der Waals surface area contributed by atoms with Crippen molar-refractivity contribution in [2.45, 2.75) is 38.0 Å². The molecule has 0 saturated heterocycles. The Bertz CT molecular complexity index is 1000. The van der Waals surface area contributed by atoms with Crippen molar-refractivity contribution in [3.05, 3.63) is 58.7 Å². The van der Waals surface area contributed by atoms with E-state index >= 15 is 0 Å². The Morgan fingerprint density at radius 2 is 1.47 bits per heavy atom. The van der Waals surface area contributed by atoms with E-state index in [2.05, 4.69) is 0 Å². The molecule has 0 bridgehead atoms. The van der Waals surface area contributed by atoms with Crippen LogP contribution in [0.25, 0.3) is 11.1 Å². The van der Waals surface area contributed by atoms with Crippen LogP contribution in [0.1, 0.15) is 69.9 Å². The summed E-state index contributed by atoms with van der Waals surface area (Å²) in [7, 11) is 3.26. The number of fused-ring (bicyclic) bond motifs is 3. The number of hydrogen-bond donors (Lipinski definition) is 1. The third kappa shape index (κ3) is 7.31. The monoisotopic (exact) mass is 498 g/mol. The highest BCUT2D eigenvalue weighted by Gasteiger charge is 2.32. The second-order valence-electron chi connectivity index (χ2n) is 8.92. The molecule has 0 spiro atoms. The van der Waals surface area contributed by atoms with Gasteiger partial charge in [0.1, 0.15) is 0 Å². The number of Topliss-reactive ketones (excluding diaryl/α,β-unsaturated/α-hetero) is 2. The van der Waals surface area contributed by atoms with Crippen molar-refractivity contribution >= 4 is 11.6 Å². The summed E-state index contributed by atoms with van der Waals surface area (Å²) in [5, 5.41) is 10.2. The van der Waals surface area contributed by atoms with Crippen LogP contribution in [0.5, 0.6) is 0 Å². The van der Waals surface area contributed by atoms with E-state index in [1.807, 2.05) is 36.4 Å². The van der Waals surface area contributed by atoms with Gasteiger partial charge in [-0.25, -0.2) is 0 Å². The summed E-state index contributed by atoms with van der Waals surface area (Å²) in [4.78, 5) is 25.9. The number of carbonyl (C=O) groups is 2. The molecule has 7 heteroatoms. The minimum atomic E-state index is -0.248. The minimum absolute atomic E-state index is 0.0461. The number of rotatable bonds is 18. The average molecular weight is 499 g/mol. The summed E-state index contributed by atoms with van der Waals surface area (Å²) in [6.45, 7) is 3.21. The van der Waals surface area contributed by atoms with E-state index in [9.17, 15) is 14.7 Å². The second-order valence-corrected chi connectivity index (χ2v) is 8.92. The number of benzene rings is 2. The zero-order valence-corrected chi connectivity index (χ0v) is 21.4. The number of hydrogen-bond acceptors (Lipinski definition) is 7. The van der Waals surface area contributed by atoms with Gasteiger partial charge in [0.25, 0.3) is 0 Å². The summed E-state index contributed by atoms with van der Waals surface area (Å²) in [6.07, 6.45) is 3.02. The van der Waals surface area contributed by atoms with Gasteiger partial charge in [0, 0.05) is 57.3 Å². The number of ether oxygens (including phenoxy) is 4. The molecule has 0 radical (unpaired) electrons. The highest BCUT2D eigenvalue weighted by molar-refractivity contribution is 6.05. The maximum atomic E-state index is 13.1. The fourth-order valence-corrected chi connectivity index (χ4v) is 4.60. The predicted molar refractivity (Wildman–Crippen MR) is 138 cm³/mol. The van der Waals surface area contributed by atoms with Gasteiger partial charge < -0.3 is 24.1 Å². The van der Waals surface area contributed by atoms with Gasteiger partial charge in [0.05, 0.1) is 33.0 Å². The summed E-state index contributed by atoms with van der Waals surface area (Å²) in [6, 6.07) is 11.3. The first kappa shape index (κ1) is 28.2. The summed E-state index contributed by atoms with van der Waals surface area (Å²) in [5.74, 6) is -0.117. The third-order valence-corrected chi connectivity index (χ3v) is 6.47. The standard InChI is InChI=1S/C29H38O7/c1-33-15-17-35-13-4-3-9-28(32)24-8-5-7-22-26(20-30)25-19-21(11-12-23(25)29(22)24)27(31)10-6-14-36-18-16-34-2/h5,7-8,11-12,19,26,30H,3-4,6,9-10,13-18,20H2,1-2H3. The molecule has 0 heterocycles. The zero-order chi connectivity index (χ0) is 25.8. The predicted octanol–water partition coefficient (Wildman–Crippen LogP) is 4.43. The fourth-order valence-electron chi connectivity index (χ4n) is 4.60. The molecule has 1 aliphatic carbocycles. The SMILES string of the molecule is COCCOCCCCC(=O)c1cccc2c1-c1ccc(C(=O)CCCOCCOC)cc1C2CO. The van der Waals surface area contributed by atoms with Crippen molar-refractivity contribution < 1.29 is 33.6 Å². The van der Waals surface area contributed by atoms with E-state index in [-0.39, 0.29) is 24.1 Å². The molecule has 0 fully saturated rings. The molecule has 0 aromatic heterocycles. The van der Waals surface area contributed by atoms with Crippen LogP contribution in [0.4, 0.5) is 0 Å². The normalized spacial score (nSPS) is 14.0. The molecule has 1 unspecified atom stereocenters. The fraction of sp³-hybridized carbons (Fsp3) is 0.517. The number of methoxy groups -OCH3 is 2. The number of unbranched alkanes of at least 4 members (excludes halogenated alkanes) is 1. The lowest BCUT2D eigenvalue weighted by molar-refractivity contribution is 0.0670. The van der Waals surface area contributed by atoms with Crippen LogP contribution in [0.3, 0.4) is 0 Å². The van der Waals surface area contributed by atoms with Crippen LogP contribution < -0.4 is 0 Å². The molecular formula is C29H38O7. The smallest absolute Gasteiger partial charge is 0.163 e. The summed E-state index contributed by atoms with van der Waals surface area (Å²) in [5.41, 5.74) is 4.96. The molecule has 1 aliphatic rings. The Morgan fingerprint density at radius 3 is 2.17 bits per heavy atom. The Morgan fingerprint density at radius 1 is 0.778 bits per heavy atom. The molecule has 1 atom stereocenters. The first-order valence-electron chi connectivity index (χ1n) is 12.7. The van der Waals surface area contributed by atoms with Gasteiger partial charge in [-0.15, -0.1) is 0 Å². The average Bonchev–Trinajstić information content (AvgIpc) is 3.22. The molecule has 7 nitrogen and oxygen atoms in total. The molecule has 0 aliphatic heterocycles. The first-order valence-corrected chi connectivity index (χ1v) is 12.7. The quantitative estimate of drug-likeness (QED) is 0.240. The molecule has 1 N–H and O–H groups in total. The van der Waals surface area contributed by atoms with Gasteiger partial charge >= 0.3 is 0 Å². The van der Waals surface area contributed by atoms with E-state index < -0.39 is 0 Å². The lowest BCUT2D eigenvalue weighted by Crippen LogP contribution is -2.07. The molecule has 36 heavy (non-hydrogen) atoms. The third-order valence-electron chi connectivity index (χ3n) is 6.47. The van der Waals surface area contributed by atoms with E-state index in [0.29, 0.717) is 70.0 Å². The number of carbonyl (C=O) groups excluding carboxylic acids is 2. The number of ketones is 2. The van der Waals surface area contributed by atoms with Crippen LogP contribution in [-0.4, -0.2) is 77.1 Å². The first-order chi connectivity index (χ1) is 17.6. The summed E-state index contributed by atoms with van der Waals surface area (Å²) >= 11 is 0. The van der Waals surface area contributed by atoms with Crippen LogP contribution in [0.15, 0.2) is 36.4 Å².